The van der Waals surface area contributed by atoms with Crippen LogP contribution in [0.1, 0.15) is 32.4 Å². The minimum Gasteiger partial charge on any atom is -0.439 e. The highest BCUT2D eigenvalue weighted by Gasteiger charge is 2.42. The summed E-state index contributed by atoms with van der Waals surface area (Å²) in [6, 6.07) is 9.12. The zero-order valence-electron chi connectivity index (χ0n) is 13.1. The highest BCUT2D eigenvalue weighted by Crippen LogP contribution is 2.32. The molecule has 4 nitrogen and oxygen atoms in total. The van der Waals surface area contributed by atoms with E-state index in [4.69, 9.17) is 4.74 Å². The van der Waals surface area contributed by atoms with Gasteiger partial charge in [-0.2, -0.15) is 0 Å². The van der Waals surface area contributed by atoms with Gasteiger partial charge in [-0.3, -0.25) is 4.79 Å². The molecule has 1 aromatic rings. The molecule has 0 unspecified atom stereocenters. The zero-order valence-corrected chi connectivity index (χ0v) is 13.1. The van der Waals surface area contributed by atoms with Crippen molar-refractivity contribution < 1.29 is 14.3 Å². The number of ether oxygens (including phenoxy) is 1. The van der Waals surface area contributed by atoms with Gasteiger partial charge in [0, 0.05) is 6.08 Å². The molecule has 0 N–H and O–H groups in total. The van der Waals surface area contributed by atoms with Crippen molar-refractivity contribution in [1.82, 2.24) is 4.90 Å². The van der Waals surface area contributed by atoms with Gasteiger partial charge in [-0.15, -0.1) is 0 Å². The molecule has 22 heavy (non-hydrogen) atoms. The van der Waals surface area contributed by atoms with Gasteiger partial charge in [0.05, 0.1) is 6.04 Å². The maximum Gasteiger partial charge on any atom is 0.417 e. The second-order valence-corrected chi connectivity index (χ2v) is 5.65. The van der Waals surface area contributed by atoms with Crippen molar-refractivity contribution in [3.05, 3.63) is 60.2 Å². The lowest BCUT2D eigenvalue weighted by Crippen LogP contribution is -2.36. The molecular weight excluding hydrogens is 278 g/mol. The third kappa shape index (κ3) is 3.64. The van der Waals surface area contributed by atoms with E-state index in [2.05, 4.69) is 13.8 Å². The van der Waals surface area contributed by atoms with Crippen LogP contribution in [0.15, 0.2) is 54.6 Å². The van der Waals surface area contributed by atoms with Gasteiger partial charge in [-0.1, -0.05) is 62.4 Å². The second kappa shape index (κ2) is 7.07. The summed E-state index contributed by atoms with van der Waals surface area (Å²) >= 11 is 0. The van der Waals surface area contributed by atoms with Gasteiger partial charge < -0.3 is 4.74 Å². The number of hydrogen-bond donors (Lipinski definition) is 0. The number of carbonyl (C=O) groups is 2. The molecule has 1 fully saturated rings. The van der Waals surface area contributed by atoms with E-state index in [1.807, 2.05) is 49.4 Å². The van der Waals surface area contributed by atoms with E-state index in [-0.39, 0.29) is 11.9 Å². The lowest BCUT2D eigenvalue weighted by atomic mass is 10.0. The Labute approximate surface area is 131 Å². The lowest BCUT2D eigenvalue weighted by molar-refractivity contribution is -0.124. The summed E-state index contributed by atoms with van der Waals surface area (Å²) in [5, 5.41) is 0. The molecule has 0 bridgehead atoms. The van der Waals surface area contributed by atoms with E-state index in [1.54, 1.807) is 6.08 Å². The Hall–Kier alpha value is -2.36. The van der Waals surface area contributed by atoms with Gasteiger partial charge in [0.15, 0.2) is 0 Å². The van der Waals surface area contributed by atoms with Crippen LogP contribution in [0.2, 0.25) is 0 Å². The van der Waals surface area contributed by atoms with E-state index in [1.165, 1.54) is 6.08 Å². The van der Waals surface area contributed by atoms with Gasteiger partial charge in [-0.25, -0.2) is 9.69 Å². The predicted molar refractivity (Wildman–Crippen MR) is 85.1 cm³/mol. The first kappa shape index (κ1) is 16.0. The Kier molecular flexibility index (Phi) is 5.15. The summed E-state index contributed by atoms with van der Waals surface area (Å²) < 4.78 is 5.35. The van der Waals surface area contributed by atoms with E-state index < -0.39 is 12.2 Å². The molecule has 2 amide bonds. The van der Waals surface area contributed by atoms with Gasteiger partial charge in [0.2, 0.25) is 0 Å². The van der Waals surface area contributed by atoms with Gasteiger partial charge >= 0.3 is 6.09 Å². The highest BCUT2D eigenvalue weighted by atomic mass is 16.6. The van der Waals surface area contributed by atoms with Crippen molar-refractivity contribution in [1.29, 1.82) is 0 Å². The summed E-state index contributed by atoms with van der Waals surface area (Å²) in [5.74, 6) is 0.0576. The fraction of sp³-hybridized carbons (Fsp3) is 0.333. The van der Waals surface area contributed by atoms with E-state index >= 15 is 0 Å². The molecule has 0 saturated carbocycles. The number of allylic oxidation sites excluding steroid dienone is 3. The quantitative estimate of drug-likeness (QED) is 0.626. The van der Waals surface area contributed by atoms with Gasteiger partial charge in [0.1, 0.15) is 6.10 Å². The summed E-state index contributed by atoms with van der Waals surface area (Å²) in [4.78, 5) is 25.3. The van der Waals surface area contributed by atoms with Crippen molar-refractivity contribution in [2.45, 2.75) is 32.9 Å². The largest absolute Gasteiger partial charge is 0.439 e. The monoisotopic (exact) mass is 299 g/mol. The zero-order chi connectivity index (χ0) is 16.1. The normalized spacial score (nSPS) is 22.0. The van der Waals surface area contributed by atoms with Crippen LogP contribution in [0.5, 0.6) is 0 Å². The number of hydrogen-bond acceptors (Lipinski definition) is 3. The number of nitrogens with zero attached hydrogens (tertiary/aromatic N) is 1. The third-order valence-electron chi connectivity index (χ3n) is 3.48. The van der Waals surface area contributed by atoms with Gasteiger partial charge in [-0.05, 0) is 18.4 Å². The fourth-order valence-electron chi connectivity index (χ4n) is 2.35. The first-order chi connectivity index (χ1) is 10.5. The topological polar surface area (TPSA) is 46.6 Å². The molecule has 0 radical (unpaired) electrons. The summed E-state index contributed by atoms with van der Waals surface area (Å²) in [5.41, 5.74) is 0.891. The molecule has 1 saturated heterocycles. The van der Waals surface area contributed by atoms with Crippen molar-refractivity contribution in [2.24, 2.45) is 5.92 Å². The van der Waals surface area contributed by atoms with Crippen LogP contribution in [0.3, 0.4) is 0 Å². The Balaban J connectivity index is 2.09. The maximum atomic E-state index is 12.2. The molecule has 0 aromatic heterocycles. The fourth-order valence-corrected chi connectivity index (χ4v) is 2.35. The Morgan fingerprint density at radius 1 is 1.23 bits per heavy atom. The van der Waals surface area contributed by atoms with Crippen LogP contribution in [0.25, 0.3) is 0 Å². The van der Waals surface area contributed by atoms with E-state index in [0.29, 0.717) is 5.92 Å². The number of carbonyl (C=O) groups excluding carboxylic acids is 2. The minimum absolute atomic E-state index is 0.332. The van der Waals surface area contributed by atoms with Crippen LogP contribution in [-0.4, -0.2) is 22.9 Å². The van der Waals surface area contributed by atoms with Crippen molar-refractivity contribution in [3.8, 4) is 0 Å². The minimum atomic E-state index is -0.594. The molecule has 1 aliphatic heterocycles. The highest BCUT2D eigenvalue weighted by molar-refractivity contribution is 6.00. The third-order valence-corrected chi connectivity index (χ3v) is 3.48. The molecule has 1 heterocycles. The Morgan fingerprint density at radius 2 is 1.91 bits per heavy atom. The number of imide groups is 1. The average molecular weight is 299 g/mol. The van der Waals surface area contributed by atoms with Crippen LogP contribution >= 0.6 is 0 Å². The number of amides is 2. The van der Waals surface area contributed by atoms with Crippen LogP contribution in [0.4, 0.5) is 4.79 Å². The van der Waals surface area contributed by atoms with E-state index in [0.717, 1.165) is 10.5 Å². The summed E-state index contributed by atoms with van der Waals surface area (Å²) in [6.45, 7) is 5.92. The lowest BCUT2D eigenvalue weighted by Gasteiger charge is -2.17. The number of benzene rings is 1. The predicted octanol–water partition coefficient (Wildman–Crippen LogP) is 3.86. The molecule has 0 aliphatic carbocycles. The first-order valence-corrected chi connectivity index (χ1v) is 7.44. The molecular formula is C18H21NO3. The molecule has 116 valence electrons. The smallest absolute Gasteiger partial charge is 0.417 e. The van der Waals surface area contributed by atoms with Crippen LogP contribution < -0.4 is 0 Å². The average Bonchev–Trinajstić information content (AvgIpc) is 2.79. The SMILES string of the molecule is CC(C)/C=C/C=C/C(=O)N1C(=O)O[C@@H](c2ccccc2)[C@H]1C. The van der Waals surface area contributed by atoms with Crippen molar-refractivity contribution in [2.75, 3.05) is 0 Å². The summed E-state index contributed by atoms with van der Waals surface area (Å²) in [6.07, 6.45) is 5.81. The standard InChI is InChI=1S/C18H21NO3/c1-13(2)9-7-8-12-16(20)19-14(3)17(22-18(19)21)15-10-5-4-6-11-15/h4-14,17H,1-3H3/b9-7+,12-8+/t14-,17-/m1/s1. The van der Waals surface area contributed by atoms with Crippen LogP contribution in [0, 0.1) is 5.92 Å². The number of cyclic esters (lactones) is 1. The second-order valence-electron chi connectivity index (χ2n) is 5.65. The Bertz CT molecular complexity index is 590. The van der Waals surface area contributed by atoms with Gasteiger partial charge in [0.25, 0.3) is 5.91 Å². The summed E-state index contributed by atoms with van der Waals surface area (Å²) in [7, 11) is 0. The van der Waals surface area contributed by atoms with Crippen molar-refractivity contribution >= 4 is 12.0 Å². The van der Waals surface area contributed by atoms with E-state index in [9.17, 15) is 9.59 Å². The van der Waals surface area contributed by atoms with Crippen molar-refractivity contribution in [3.63, 3.8) is 0 Å². The molecule has 1 aliphatic rings. The number of rotatable bonds is 4. The maximum absolute atomic E-state index is 12.2. The Morgan fingerprint density at radius 3 is 2.55 bits per heavy atom. The molecule has 4 heteroatoms. The first-order valence-electron chi connectivity index (χ1n) is 7.44. The molecule has 2 rings (SSSR count). The molecule has 1 aromatic carbocycles. The molecule has 2 atom stereocenters. The molecule has 0 spiro atoms. The van der Waals surface area contributed by atoms with Crippen LogP contribution in [-0.2, 0) is 9.53 Å².